The van der Waals surface area contributed by atoms with Crippen molar-refractivity contribution < 1.29 is 0 Å². The SMILES string of the molecule is CC(C)CC(C)Cn1cnc2c(c1=O)CCNC2. The number of hydrogen-bond acceptors (Lipinski definition) is 3. The van der Waals surface area contributed by atoms with Crippen LogP contribution in [0.2, 0.25) is 0 Å². The third-order valence-electron chi connectivity index (χ3n) is 3.45. The number of nitrogens with zero attached hydrogens (tertiary/aromatic N) is 2. The zero-order valence-corrected chi connectivity index (χ0v) is 11.6. The van der Waals surface area contributed by atoms with Gasteiger partial charge >= 0.3 is 0 Å². The number of aromatic nitrogens is 2. The van der Waals surface area contributed by atoms with E-state index < -0.39 is 0 Å². The van der Waals surface area contributed by atoms with Gasteiger partial charge in [-0.05, 0) is 31.2 Å². The molecule has 1 N–H and O–H groups in total. The minimum atomic E-state index is 0.164. The van der Waals surface area contributed by atoms with Crippen molar-refractivity contribution in [2.75, 3.05) is 6.54 Å². The maximum atomic E-state index is 12.3. The van der Waals surface area contributed by atoms with Gasteiger partial charge in [0.15, 0.2) is 0 Å². The first kappa shape index (κ1) is 13.3. The van der Waals surface area contributed by atoms with Crippen molar-refractivity contribution in [3.8, 4) is 0 Å². The van der Waals surface area contributed by atoms with Crippen LogP contribution in [0.4, 0.5) is 0 Å². The van der Waals surface area contributed by atoms with E-state index in [1.165, 1.54) is 0 Å². The Balaban J connectivity index is 2.17. The maximum absolute atomic E-state index is 12.3. The van der Waals surface area contributed by atoms with Crippen LogP contribution in [0.5, 0.6) is 0 Å². The summed E-state index contributed by atoms with van der Waals surface area (Å²) in [5.74, 6) is 1.19. The van der Waals surface area contributed by atoms with Gasteiger partial charge in [0, 0.05) is 18.7 Å². The molecule has 0 amide bonds. The van der Waals surface area contributed by atoms with Crippen molar-refractivity contribution >= 4 is 0 Å². The highest BCUT2D eigenvalue weighted by Crippen LogP contribution is 2.13. The Morgan fingerprint density at radius 2 is 2.22 bits per heavy atom. The molecule has 1 aliphatic heterocycles. The van der Waals surface area contributed by atoms with Gasteiger partial charge in [-0.2, -0.15) is 0 Å². The summed E-state index contributed by atoms with van der Waals surface area (Å²) in [6.45, 7) is 9.03. The summed E-state index contributed by atoms with van der Waals surface area (Å²) in [5.41, 5.74) is 2.00. The lowest BCUT2D eigenvalue weighted by molar-refractivity contribution is 0.380. The van der Waals surface area contributed by atoms with E-state index in [2.05, 4.69) is 31.1 Å². The molecule has 0 saturated carbocycles. The van der Waals surface area contributed by atoms with E-state index in [1.54, 1.807) is 10.9 Å². The Kier molecular flexibility index (Phi) is 4.17. The summed E-state index contributed by atoms with van der Waals surface area (Å²) in [4.78, 5) is 16.7. The molecule has 1 aromatic rings. The monoisotopic (exact) mass is 249 g/mol. The number of rotatable bonds is 4. The second kappa shape index (κ2) is 5.65. The molecule has 4 nitrogen and oxygen atoms in total. The highest BCUT2D eigenvalue weighted by Gasteiger charge is 2.16. The molecule has 2 heterocycles. The van der Waals surface area contributed by atoms with E-state index in [1.807, 2.05) is 0 Å². The third-order valence-corrected chi connectivity index (χ3v) is 3.45. The molecule has 1 atom stereocenters. The molecule has 2 rings (SSSR count). The average Bonchev–Trinajstić information content (AvgIpc) is 2.32. The Hall–Kier alpha value is -1.16. The molecule has 0 saturated heterocycles. The number of hydrogen-bond donors (Lipinski definition) is 1. The standard InChI is InChI=1S/C14H23N3O/c1-10(2)6-11(3)8-17-9-16-13-7-15-5-4-12(13)14(17)18/h9-11,15H,4-8H2,1-3H3. The summed E-state index contributed by atoms with van der Waals surface area (Å²) in [6, 6.07) is 0. The van der Waals surface area contributed by atoms with Crippen LogP contribution in [0.3, 0.4) is 0 Å². The van der Waals surface area contributed by atoms with E-state index in [-0.39, 0.29) is 5.56 Å². The number of nitrogens with one attached hydrogen (secondary N) is 1. The second-order valence-electron chi connectivity index (χ2n) is 5.79. The van der Waals surface area contributed by atoms with Crippen LogP contribution >= 0.6 is 0 Å². The first-order chi connectivity index (χ1) is 8.58. The van der Waals surface area contributed by atoms with Gasteiger partial charge in [-0.15, -0.1) is 0 Å². The smallest absolute Gasteiger partial charge is 0.256 e. The fraction of sp³-hybridized carbons (Fsp3) is 0.714. The topological polar surface area (TPSA) is 46.9 Å². The zero-order chi connectivity index (χ0) is 13.1. The molecular weight excluding hydrogens is 226 g/mol. The molecule has 1 aromatic heterocycles. The van der Waals surface area contributed by atoms with Gasteiger partial charge in [-0.3, -0.25) is 9.36 Å². The van der Waals surface area contributed by atoms with Crippen LogP contribution in [0, 0.1) is 11.8 Å². The average molecular weight is 249 g/mol. The molecule has 0 fully saturated rings. The Bertz CT molecular complexity index is 465. The Morgan fingerprint density at radius 3 is 2.94 bits per heavy atom. The van der Waals surface area contributed by atoms with Crippen molar-refractivity contribution in [1.82, 2.24) is 14.9 Å². The molecule has 0 aliphatic carbocycles. The van der Waals surface area contributed by atoms with E-state index in [0.717, 1.165) is 43.7 Å². The van der Waals surface area contributed by atoms with Crippen molar-refractivity contribution in [1.29, 1.82) is 0 Å². The van der Waals surface area contributed by atoms with E-state index in [9.17, 15) is 4.79 Å². The summed E-state index contributed by atoms with van der Waals surface area (Å²) in [6.07, 6.45) is 3.66. The van der Waals surface area contributed by atoms with Gasteiger partial charge in [0.2, 0.25) is 0 Å². The maximum Gasteiger partial charge on any atom is 0.256 e. The first-order valence-electron chi connectivity index (χ1n) is 6.85. The van der Waals surface area contributed by atoms with Crippen LogP contribution < -0.4 is 10.9 Å². The molecule has 1 aliphatic rings. The van der Waals surface area contributed by atoms with E-state index in [4.69, 9.17) is 0 Å². The summed E-state index contributed by atoms with van der Waals surface area (Å²) in [5, 5.41) is 3.24. The van der Waals surface area contributed by atoms with Crippen LogP contribution in [0.1, 0.15) is 38.4 Å². The van der Waals surface area contributed by atoms with Crippen LogP contribution in [-0.2, 0) is 19.5 Å². The lowest BCUT2D eigenvalue weighted by Gasteiger charge is -2.19. The minimum Gasteiger partial charge on any atom is -0.311 e. The normalized spacial score (nSPS) is 16.7. The van der Waals surface area contributed by atoms with E-state index >= 15 is 0 Å². The first-order valence-corrected chi connectivity index (χ1v) is 6.85. The van der Waals surface area contributed by atoms with Crippen LogP contribution in [0.15, 0.2) is 11.1 Å². The van der Waals surface area contributed by atoms with Gasteiger partial charge in [-0.1, -0.05) is 20.8 Å². The molecular formula is C14H23N3O. The van der Waals surface area contributed by atoms with Crippen molar-refractivity contribution in [3.05, 3.63) is 27.9 Å². The summed E-state index contributed by atoms with van der Waals surface area (Å²) < 4.78 is 1.79. The van der Waals surface area contributed by atoms with Gasteiger partial charge in [0.1, 0.15) is 0 Å². The third kappa shape index (κ3) is 2.99. The van der Waals surface area contributed by atoms with Gasteiger partial charge in [0.25, 0.3) is 5.56 Å². The quantitative estimate of drug-likeness (QED) is 0.881. The van der Waals surface area contributed by atoms with Crippen molar-refractivity contribution in [3.63, 3.8) is 0 Å². The van der Waals surface area contributed by atoms with Crippen LogP contribution in [-0.4, -0.2) is 16.1 Å². The fourth-order valence-electron chi connectivity index (χ4n) is 2.74. The molecule has 0 aromatic carbocycles. The molecule has 0 radical (unpaired) electrons. The number of fused-ring (bicyclic) bond motifs is 1. The second-order valence-corrected chi connectivity index (χ2v) is 5.79. The molecule has 0 bridgehead atoms. The Labute approximate surface area is 108 Å². The summed E-state index contributed by atoms with van der Waals surface area (Å²) in [7, 11) is 0. The largest absolute Gasteiger partial charge is 0.311 e. The zero-order valence-electron chi connectivity index (χ0n) is 11.6. The lowest BCUT2D eigenvalue weighted by Crippen LogP contribution is -2.35. The van der Waals surface area contributed by atoms with Gasteiger partial charge in [0.05, 0.1) is 12.0 Å². The van der Waals surface area contributed by atoms with Crippen molar-refractivity contribution in [2.45, 2.75) is 46.7 Å². The highest BCUT2D eigenvalue weighted by atomic mass is 16.1. The van der Waals surface area contributed by atoms with Gasteiger partial charge < -0.3 is 5.32 Å². The molecule has 4 heteroatoms. The highest BCUT2D eigenvalue weighted by molar-refractivity contribution is 5.19. The predicted octanol–water partition coefficient (Wildman–Crippen LogP) is 1.57. The van der Waals surface area contributed by atoms with Crippen LogP contribution in [0.25, 0.3) is 0 Å². The lowest BCUT2D eigenvalue weighted by atomic mass is 9.99. The minimum absolute atomic E-state index is 0.164. The molecule has 1 unspecified atom stereocenters. The molecule has 0 spiro atoms. The van der Waals surface area contributed by atoms with E-state index in [0.29, 0.717) is 11.8 Å². The molecule has 18 heavy (non-hydrogen) atoms. The van der Waals surface area contributed by atoms with Crippen molar-refractivity contribution in [2.24, 2.45) is 11.8 Å². The fourth-order valence-corrected chi connectivity index (χ4v) is 2.74. The van der Waals surface area contributed by atoms with Gasteiger partial charge in [-0.25, -0.2) is 4.98 Å². The Morgan fingerprint density at radius 1 is 1.44 bits per heavy atom. The predicted molar refractivity (Wildman–Crippen MR) is 72.5 cm³/mol. The molecule has 100 valence electrons. The summed E-state index contributed by atoms with van der Waals surface area (Å²) >= 11 is 0.